The minimum atomic E-state index is -3.64. The summed E-state index contributed by atoms with van der Waals surface area (Å²) in [4.78, 5) is 11.3. The number of carbonyl (C=O) groups is 1. The molecule has 1 unspecified atom stereocenters. The molecule has 100 valence electrons. The molecule has 0 saturated carbocycles. The summed E-state index contributed by atoms with van der Waals surface area (Å²) in [5.41, 5.74) is 0.854. The smallest absolute Gasteiger partial charge is 0.407 e. The molecule has 0 saturated heterocycles. The Kier molecular flexibility index (Phi) is 5.11. The van der Waals surface area contributed by atoms with Gasteiger partial charge in [-0.15, -0.1) is 0 Å². The van der Waals surface area contributed by atoms with Gasteiger partial charge in [0.1, 0.15) is 6.61 Å². The van der Waals surface area contributed by atoms with Gasteiger partial charge in [-0.25, -0.2) is 18.4 Å². The first-order valence-electron chi connectivity index (χ1n) is 5.36. The Morgan fingerprint density at radius 3 is 2.56 bits per heavy atom. The summed E-state index contributed by atoms with van der Waals surface area (Å²) in [6.45, 7) is 1.47. The van der Waals surface area contributed by atoms with Crippen LogP contribution in [0.4, 0.5) is 4.79 Å². The summed E-state index contributed by atoms with van der Waals surface area (Å²) in [5.74, 6) is 0. The van der Waals surface area contributed by atoms with Gasteiger partial charge in [-0.1, -0.05) is 30.3 Å². The molecule has 0 aliphatic rings. The number of hydrogen-bond acceptors (Lipinski definition) is 4. The molecule has 1 atom stereocenters. The van der Waals surface area contributed by atoms with Gasteiger partial charge in [0.2, 0.25) is 10.0 Å². The average molecular weight is 272 g/mol. The monoisotopic (exact) mass is 272 g/mol. The third kappa shape index (κ3) is 5.15. The number of nitrogens with one attached hydrogen (secondary N) is 1. The first-order valence-corrected chi connectivity index (χ1v) is 6.96. The second-order valence-corrected chi connectivity index (χ2v) is 5.83. The Morgan fingerprint density at radius 1 is 1.39 bits per heavy atom. The fraction of sp³-hybridized carbons (Fsp3) is 0.364. The van der Waals surface area contributed by atoms with Crippen molar-refractivity contribution in [3.05, 3.63) is 35.9 Å². The molecule has 0 aliphatic heterocycles. The van der Waals surface area contributed by atoms with Crippen molar-refractivity contribution in [3.63, 3.8) is 0 Å². The first-order chi connectivity index (χ1) is 8.39. The number of nitrogens with two attached hydrogens (primary N) is 1. The highest BCUT2D eigenvalue weighted by atomic mass is 32.2. The van der Waals surface area contributed by atoms with Gasteiger partial charge < -0.3 is 10.1 Å². The predicted octanol–water partition coefficient (Wildman–Crippen LogP) is 0.590. The zero-order chi connectivity index (χ0) is 13.6. The van der Waals surface area contributed by atoms with Gasteiger partial charge in [-0.3, -0.25) is 0 Å². The van der Waals surface area contributed by atoms with Crippen molar-refractivity contribution < 1.29 is 17.9 Å². The van der Waals surface area contributed by atoms with Crippen LogP contribution in [0, 0.1) is 0 Å². The van der Waals surface area contributed by atoms with Crippen LogP contribution in [0.5, 0.6) is 0 Å². The molecule has 1 rings (SSSR count). The molecule has 0 heterocycles. The van der Waals surface area contributed by atoms with Gasteiger partial charge >= 0.3 is 6.09 Å². The first kappa shape index (κ1) is 14.5. The van der Waals surface area contributed by atoms with Gasteiger partial charge in [0.25, 0.3) is 0 Å². The zero-order valence-electron chi connectivity index (χ0n) is 10.00. The van der Waals surface area contributed by atoms with Crippen LogP contribution in [0.3, 0.4) is 0 Å². The van der Waals surface area contributed by atoms with Crippen LogP contribution in [0.25, 0.3) is 0 Å². The van der Waals surface area contributed by atoms with E-state index in [0.29, 0.717) is 0 Å². The number of rotatable bonds is 5. The lowest BCUT2D eigenvalue weighted by Gasteiger charge is -2.10. The van der Waals surface area contributed by atoms with E-state index in [1.54, 1.807) is 0 Å². The molecule has 1 aromatic carbocycles. The molecular weight excluding hydrogens is 256 g/mol. The highest BCUT2D eigenvalue weighted by molar-refractivity contribution is 7.89. The van der Waals surface area contributed by atoms with Crippen LogP contribution in [0.15, 0.2) is 30.3 Å². The fourth-order valence-electron chi connectivity index (χ4n) is 1.12. The summed E-state index contributed by atoms with van der Waals surface area (Å²) in [7, 11) is -3.64. The van der Waals surface area contributed by atoms with E-state index in [1.165, 1.54) is 6.92 Å². The second kappa shape index (κ2) is 6.36. The molecule has 0 spiro atoms. The van der Waals surface area contributed by atoms with Crippen molar-refractivity contribution in [1.29, 1.82) is 0 Å². The van der Waals surface area contributed by atoms with Crippen molar-refractivity contribution in [2.24, 2.45) is 5.14 Å². The molecule has 3 N–H and O–H groups in total. The third-order valence-electron chi connectivity index (χ3n) is 2.31. The van der Waals surface area contributed by atoms with Crippen LogP contribution in [-0.4, -0.2) is 26.3 Å². The predicted molar refractivity (Wildman–Crippen MR) is 67.2 cm³/mol. The second-order valence-electron chi connectivity index (χ2n) is 3.84. The van der Waals surface area contributed by atoms with E-state index in [9.17, 15) is 13.2 Å². The standard InChI is InChI=1S/C11H16N2O4S/c1-9(18(12,15)16)7-13-11(14)17-8-10-5-3-2-4-6-10/h2-6,9H,7-8H2,1H3,(H,13,14)(H2,12,15,16). The molecule has 0 radical (unpaired) electrons. The number of sulfonamides is 1. The fourth-order valence-corrected chi connectivity index (χ4v) is 1.43. The average Bonchev–Trinajstić information content (AvgIpc) is 2.33. The quantitative estimate of drug-likeness (QED) is 0.819. The van der Waals surface area contributed by atoms with E-state index in [2.05, 4.69) is 5.32 Å². The summed E-state index contributed by atoms with van der Waals surface area (Å²) in [6.07, 6.45) is -0.672. The van der Waals surface area contributed by atoms with Crippen LogP contribution < -0.4 is 10.5 Å². The Labute approximate surface area is 106 Å². The van der Waals surface area contributed by atoms with Crippen molar-refractivity contribution in [1.82, 2.24) is 5.32 Å². The largest absolute Gasteiger partial charge is 0.445 e. The minimum Gasteiger partial charge on any atom is -0.445 e. The van der Waals surface area contributed by atoms with Crippen molar-refractivity contribution >= 4 is 16.1 Å². The van der Waals surface area contributed by atoms with E-state index in [0.717, 1.165) is 5.56 Å². The number of amides is 1. The molecule has 7 heteroatoms. The summed E-state index contributed by atoms with van der Waals surface area (Å²) in [5, 5.41) is 6.40. The highest BCUT2D eigenvalue weighted by Gasteiger charge is 2.16. The van der Waals surface area contributed by atoms with E-state index in [4.69, 9.17) is 9.88 Å². The Bertz CT molecular complexity index is 487. The van der Waals surface area contributed by atoms with Crippen LogP contribution in [0.2, 0.25) is 0 Å². The molecular formula is C11H16N2O4S. The molecule has 6 nitrogen and oxygen atoms in total. The SMILES string of the molecule is CC(CNC(=O)OCc1ccccc1)S(N)(=O)=O. The van der Waals surface area contributed by atoms with Crippen LogP contribution in [0.1, 0.15) is 12.5 Å². The maximum atomic E-state index is 11.3. The zero-order valence-corrected chi connectivity index (χ0v) is 10.8. The molecule has 1 aromatic rings. The normalized spacial score (nSPS) is 12.8. The number of alkyl carbamates (subject to hydrolysis) is 1. The molecule has 0 fully saturated rings. The third-order valence-corrected chi connectivity index (χ3v) is 3.60. The van der Waals surface area contributed by atoms with Crippen molar-refractivity contribution in [2.45, 2.75) is 18.8 Å². The lowest BCUT2D eigenvalue weighted by atomic mass is 10.2. The Balaban J connectivity index is 2.31. The summed E-state index contributed by atoms with van der Waals surface area (Å²) < 4.78 is 26.7. The topological polar surface area (TPSA) is 98.5 Å². The lowest BCUT2D eigenvalue weighted by Crippen LogP contribution is -2.38. The highest BCUT2D eigenvalue weighted by Crippen LogP contribution is 2.00. The van der Waals surface area contributed by atoms with Crippen molar-refractivity contribution in [3.8, 4) is 0 Å². The van der Waals surface area contributed by atoms with E-state index >= 15 is 0 Å². The Morgan fingerprint density at radius 2 is 2.00 bits per heavy atom. The summed E-state index contributed by atoms with van der Waals surface area (Å²) >= 11 is 0. The number of primary sulfonamides is 1. The Hall–Kier alpha value is -1.60. The number of hydrogen-bond donors (Lipinski definition) is 2. The van der Waals surface area contributed by atoms with E-state index in [-0.39, 0.29) is 13.2 Å². The summed E-state index contributed by atoms with van der Waals surface area (Å²) in [6, 6.07) is 9.16. The van der Waals surface area contributed by atoms with Crippen LogP contribution in [-0.2, 0) is 21.4 Å². The van der Waals surface area contributed by atoms with Gasteiger partial charge in [-0.2, -0.15) is 0 Å². The van der Waals surface area contributed by atoms with Gasteiger partial charge in [0.15, 0.2) is 0 Å². The molecule has 0 aromatic heterocycles. The van der Waals surface area contributed by atoms with Crippen molar-refractivity contribution in [2.75, 3.05) is 6.54 Å². The molecule has 0 bridgehead atoms. The number of benzene rings is 1. The van der Waals surface area contributed by atoms with Crippen LogP contribution >= 0.6 is 0 Å². The molecule has 18 heavy (non-hydrogen) atoms. The van der Waals surface area contributed by atoms with Gasteiger partial charge in [0, 0.05) is 6.54 Å². The number of carbonyl (C=O) groups excluding carboxylic acids is 1. The minimum absolute atomic E-state index is 0.0769. The maximum absolute atomic E-state index is 11.3. The lowest BCUT2D eigenvalue weighted by molar-refractivity contribution is 0.140. The van der Waals surface area contributed by atoms with E-state index < -0.39 is 21.4 Å². The molecule has 0 aliphatic carbocycles. The van der Waals surface area contributed by atoms with E-state index in [1.807, 2.05) is 30.3 Å². The maximum Gasteiger partial charge on any atom is 0.407 e. The van der Waals surface area contributed by atoms with Gasteiger partial charge in [0.05, 0.1) is 5.25 Å². The number of ether oxygens (including phenoxy) is 1. The van der Waals surface area contributed by atoms with Gasteiger partial charge in [-0.05, 0) is 12.5 Å². The molecule has 1 amide bonds.